The van der Waals surface area contributed by atoms with E-state index < -0.39 is 4.92 Å². The number of hydrogen-bond donors (Lipinski definition) is 2. The fraction of sp³-hybridized carbons (Fsp3) is 0.455. The van der Waals surface area contributed by atoms with Crippen LogP contribution in [0.2, 0.25) is 0 Å². The number of hydrogen-bond acceptors (Lipinski definition) is 6. The molecule has 2 heterocycles. The number of aromatic nitrogens is 1. The highest BCUT2D eigenvalue weighted by molar-refractivity contribution is 5.64. The van der Waals surface area contributed by atoms with Crippen molar-refractivity contribution in [2.24, 2.45) is 0 Å². The molecule has 1 aliphatic heterocycles. The van der Waals surface area contributed by atoms with Crippen molar-refractivity contribution >= 4 is 11.5 Å². The molecule has 94 valence electrons. The van der Waals surface area contributed by atoms with Gasteiger partial charge in [-0.25, -0.2) is 4.98 Å². The first kappa shape index (κ1) is 12.3. The van der Waals surface area contributed by atoms with E-state index >= 15 is 0 Å². The van der Waals surface area contributed by atoms with Crippen LogP contribution in [0.1, 0.15) is 18.4 Å². The normalized spacial score (nSPS) is 18.9. The highest BCUT2D eigenvalue weighted by Crippen LogP contribution is 2.26. The molecule has 2 N–H and O–H groups in total. The molecule has 1 saturated heterocycles. The number of rotatable bonds is 3. The molecule has 1 unspecified atom stereocenters. The quantitative estimate of drug-likeness (QED) is 0.610. The van der Waals surface area contributed by atoms with Gasteiger partial charge in [-0.2, -0.15) is 5.26 Å². The topological polar surface area (TPSA) is 104 Å². The fourth-order valence-corrected chi connectivity index (χ4v) is 2.00. The number of nitrogens with one attached hydrogen (secondary N) is 2. The Morgan fingerprint density at radius 3 is 3.11 bits per heavy atom. The van der Waals surface area contributed by atoms with E-state index in [2.05, 4.69) is 15.6 Å². The molecule has 1 aromatic rings. The minimum absolute atomic E-state index is 0.0290. The van der Waals surface area contributed by atoms with Gasteiger partial charge in [-0.3, -0.25) is 10.1 Å². The molecule has 0 radical (unpaired) electrons. The van der Waals surface area contributed by atoms with E-state index in [-0.39, 0.29) is 23.1 Å². The lowest BCUT2D eigenvalue weighted by molar-refractivity contribution is -0.384. The highest BCUT2D eigenvalue weighted by Gasteiger charge is 2.23. The maximum Gasteiger partial charge on any atom is 0.328 e. The number of nitriles is 1. The molecule has 7 heteroatoms. The van der Waals surface area contributed by atoms with Crippen molar-refractivity contribution in [3.8, 4) is 6.07 Å². The Bertz CT molecular complexity index is 491. The van der Waals surface area contributed by atoms with Crippen molar-refractivity contribution < 1.29 is 4.92 Å². The zero-order valence-electron chi connectivity index (χ0n) is 9.72. The van der Waals surface area contributed by atoms with Crippen molar-refractivity contribution in [3.05, 3.63) is 27.9 Å². The van der Waals surface area contributed by atoms with Gasteiger partial charge in [0.05, 0.1) is 4.92 Å². The third-order valence-corrected chi connectivity index (χ3v) is 2.87. The van der Waals surface area contributed by atoms with Crippen molar-refractivity contribution in [3.63, 3.8) is 0 Å². The number of nitro groups is 1. The Morgan fingerprint density at radius 1 is 1.67 bits per heavy atom. The third-order valence-electron chi connectivity index (χ3n) is 2.87. The lowest BCUT2D eigenvalue weighted by Crippen LogP contribution is -2.38. The van der Waals surface area contributed by atoms with Gasteiger partial charge in [0.25, 0.3) is 0 Å². The first-order chi connectivity index (χ1) is 8.72. The van der Waals surface area contributed by atoms with Crippen LogP contribution in [0.15, 0.2) is 12.3 Å². The van der Waals surface area contributed by atoms with Crippen LogP contribution < -0.4 is 10.6 Å². The Balaban J connectivity index is 2.26. The summed E-state index contributed by atoms with van der Waals surface area (Å²) in [5, 5.41) is 26.1. The van der Waals surface area contributed by atoms with Crippen LogP contribution in [0.3, 0.4) is 0 Å². The van der Waals surface area contributed by atoms with Crippen molar-refractivity contribution in [2.75, 3.05) is 18.4 Å². The molecule has 0 amide bonds. The van der Waals surface area contributed by atoms with Gasteiger partial charge in [-0.05, 0) is 25.5 Å². The van der Waals surface area contributed by atoms with Gasteiger partial charge in [0.1, 0.15) is 11.6 Å². The zero-order valence-corrected chi connectivity index (χ0v) is 9.72. The smallest absolute Gasteiger partial charge is 0.328 e. The first-order valence-corrected chi connectivity index (χ1v) is 5.73. The summed E-state index contributed by atoms with van der Waals surface area (Å²) in [5.74, 6) is 0.174. The number of pyridine rings is 1. The molecule has 1 aliphatic rings. The zero-order chi connectivity index (χ0) is 13.0. The van der Waals surface area contributed by atoms with Crippen molar-refractivity contribution in [1.29, 1.82) is 5.26 Å². The third kappa shape index (κ3) is 2.55. The molecule has 1 fully saturated rings. The number of anilines is 1. The molecule has 0 aromatic carbocycles. The number of nitrogens with zero attached hydrogens (tertiary/aromatic N) is 3. The van der Waals surface area contributed by atoms with Crippen LogP contribution in [-0.4, -0.2) is 29.0 Å². The van der Waals surface area contributed by atoms with E-state index in [0.29, 0.717) is 0 Å². The molecule has 7 nitrogen and oxygen atoms in total. The summed E-state index contributed by atoms with van der Waals surface area (Å²) in [6, 6.07) is 3.28. The van der Waals surface area contributed by atoms with Gasteiger partial charge in [0.15, 0.2) is 0 Å². The number of piperidine rings is 1. The molecular formula is C11H13N5O2. The van der Waals surface area contributed by atoms with Gasteiger partial charge >= 0.3 is 5.69 Å². The van der Waals surface area contributed by atoms with Gasteiger partial charge in [-0.1, -0.05) is 0 Å². The monoisotopic (exact) mass is 247 g/mol. The summed E-state index contributed by atoms with van der Waals surface area (Å²) in [5.41, 5.74) is -0.216. The van der Waals surface area contributed by atoms with Crippen LogP contribution in [0.5, 0.6) is 0 Å². The SMILES string of the molecule is N#Cc1ccnc(NC2CCCNC2)c1[N+](=O)[O-]. The van der Waals surface area contributed by atoms with E-state index in [1.54, 1.807) is 0 Å². The minimum atomic E-state index is -0.565. The Morgan fingerprint density at radius 2 is 2.50 bits per heavy atom. The molecule has 0 bridgehead atoms. The molecule has 1 aromatic heterocycles. The summed E-state index contributed by atoms with van der Waals surface area (Å²) >= 11 is 0. The van der Waals surface area contributed by atoms with E-state index in [0.717, 1.165) is 25.9 Å². The second-order valence-electron chi connectivity index (χ2n) is 4.11. The van der Waals surface area contributed by atoms with Crippen LogP contribution in [-0.2, 0) is 0 Å². The van der Waals surface area contributed by atoms with Gasteiger partial charge < -0.3 is 10.6 Å². The molecule has 18 heavy (non-hydrogen) atoms. The Kier molecular flexibility index (Phi) is 3.69. The maximum atomic E-state index is 11.0. The van der Waals surface area contributed by atoms with Crippen LogP contribution in [0.4, 0.5) is 11.5 Å². The van der Waals surface area contributed by atoms with E-state index in [1.807, 2.05) is 6.07 Å². The average molecular weight is 247 g/mol. The second-order valence-corrected chi connectivity index (χ2v) is 4.11. The minimum Gasteiger partial charge on any atom is -0.360 e. The Hall–Kier alpha value is -2.20. The van der Waals surface area contributed by atoms with Crippen molar-refractivity contribution in [2.45, 2.75) is 18.9 Å². The van der Waals surface area contributed by atoms with E-state index in [4.69, 9.17) is 5.26 Å². The van der Waals surface area contributed by atoms with Gasteiger partial charge in [0.2, 0.25) is 5.82 Å². The fourth-order valence-electron chi connectivity index (χ4n) is 2.00. The molecular weight excluding hydrogens is 234 g/mol. The molecule has 0 saturated carbocycles. The predicted octanol–water partition coefficient (Wildman–Crippen LogP) is 1.03. The predicted molar refractivity (Wildman–Crippen MR) is 65.1 cm³/mol. The van der Waals surface area contributed by atoms with E-state index in [9.17, 15) is 10.1 Å². The summed E-state index contributed by atoms with van der Waals surface area (Å²) in [6.45, 7) is 1.71. The summed E-state index contributed by atoms with van der Waals surface area (Å²) < 4.78 is 0. The van der Waals surface area contributed by atoms with Crippen LogP contribution in [0, 0.1) is 21.4 Å². The largest absolute Gasteiger partial charge is 0.360 e. The van der Waals surface area contributed by atoms with Gasteiger partial charge in [-0.15, -0.1) is 0 Å². The van der Waals surface area contributed by atoms with Crippen LogP contribution >= 0.6 is 0 Å². The van der Waals surface area contributed by atoms with Gasteiger partial charge in [0, 0.05) is 18.8 Å². The van der Waals surface area contributed by atoms with Crippen molar-refractivity contribution in [1.82, 2.24) is 10.3 Å². The molecule has 0 aliphatic carbocycles. The molecule has 0 spiro atoms. The Labute approximate surface area is 104 Å². The van der Waals surface area contributed by atoms with E-state index in [1.165, 1.54) is 12.3 Å². The highest BCUT2D eigenvalue weighted by atomic mass is 16.6. The molecule has 1 atom stereocenters. The summed E-state index contributed by atoms with van der Waals surface area (Å²) in [4.78, 5) is 14.4. The standard InChI is InChI=1S/C11H13N5O2/c12-6-8-3-5-14-11(10(8)16(17)18)15-9-2-1-4-13-7-9/h3,5,9,13H,1-2,4,7H2,(H,14,15). The first-order valence-electron chi connectivity index (χ1n) is 5.73. The average Bonchev–Trinajstić information content (AvgIpc) is 2.39. The summed E-state index contributed by atoms with van der Waals surface area (Å²) in [7, 11) is 0. The molecule has 2 rings (SSSR count). The maximum absolute atomic E-state index is 11.0. The lowest BCUT2D eigenvalue weighted by atomic mass is 10.1. The second kappa shape index (κ2) is 5.42. The van der Waals surface area contributed by atoms with Crippen LogP contribution in [0.25, 0.3) is 0 Å². The summed E-state index contributed by atoms with van der Waals surface area (Å²) in [6.07, 6.45) is 3.36. The lowest BCUT2D eigenvalue weighted by Gasteiger charge is -2.24.